The largest absolute Gasteiger partial charge is 0.490 e. The highest BCUT2D eigenvalue weighted by atomic mass is 35.5. The van der Waals surface area contributed by atoms with Gasteiger partial charge in [0.2, 0.25) is 11.6 Å². The van der Waals surface area contributed by atoms with Crippen LogP contribution in [0.15, 0.2) is 46.9 Å². The van der Waals surface area contributed by atoms with Gasteiger partial charge in [0.05, 0.1) is 19.1 Å². The molecule has 0 saturated heterocycles. The van der Waals surface area contributed by atoms with E-state index in [-0.39, 0.29) is 12.3 Å². The third-order valence-corrected chi connectivity index (χ3v) is 5.84. The number of hydrogen-bond donors (Lipinski definition) is 0. The van der Waals surface area contributed by atoms with Gasteiger partial charge in [0.15, 0.2) is 0 Å². The maximum absolute atomic E-state index is 12.9. The number of halogens is 4. The van der Waals surface area contributed by atoms with Gasteiger partial charge >= 0.3 is 6.18 Å². The Morgan fingerprint density at radius 3 is 2.77 bits per heavy atom. The minimum atomic E-state index is -4.52. The van der Waals surface area contributed by atoms with E-state index < -0.39 is 17.4 Å². The average Bonchev–Trinajstić information content (AvgIpc) is 3.40. The quantitative estimate of drug-likeness (QED) is 0.574. The molecule has 3 aromatic rings. The number of fused-ring (bicyclic) bond motifs is 4. The Morgan fingerprint density at radius 1 is 1.20 bits per heavy atom. The number of nitrogens with zero attached hydrogens (tertiary/aromatic N) is 2. The van der Waals surface area contributed by atoms with E-state index in [9.17, 15) is 13.2 Å². The van der Waals surface area contributed by atoms with Gasteiger partial charge < -0.3 is 18.8 Å². The zero-order valence-electron chi connectivity index (χ0n) is 15.8. The van der Waals surface area contributed by atoms with Crippen LogP contribution in [0.4, 0.5) is 18.9 Å². The van der Waals surface area contributed by atoms with Crippen molar-refractivity contribution in [1.29, 1.82) is 0 Å². The lowest BCUT2D eigenvalue weighted by Gasteiger charge is -2.24. The smallest absolute Gasteiger partial charge is 0.449 e. The lowest BCUT2D eigenvalue weighted by molar-refractivity contribution is -0.153. The SMILES string of the molecule is COc1ccc2c(n1)C1(CO2)CN(Cc2ccc(C(F)(F)F)o2)c2cccc(Cl)c21. The molecule has 1 atom stereocenters. The topological polar surface area (TPSA) is 47.7 Å². The van der Waals surface area contributed by atoms with Crippen LogP contribution in [0, 0.1) is 0 Å². The second-order valence-electron chi connectivity index (χ2n) is 7.32. The van der Waals surface area contributed by atoms with Crippen LogP contribution in [0.5, 0.6) is 11.6 Å². The number of aromatic nitrogens is 1. The molecule has 2 aromatic heterocycles. The summed E-state index contributed by atoms with van der Waals surface area (Å²) in [7, 11) is 1.54. The molecule has 1 unspecified atom stereocenters. The summed E-state index contributed by atoms with van der Waals surface area (Å²) in [6.07, 6.45) is -4.52. The Hall–Kier alpha value is -2.87. The fourth-order valence-corrected chi connectivity index (χ4v) is 4.62. The Labute approximate surface area is 175 Å². The first-order chi connectivity index (χ1) is 14.3. The molecule has 0 N–H and O–H groups in total. The Morgan fingerprint density at radius 2 is 2.03 bits per heavy atom. The van der Waals surface area contributed by atoms with E-state index in [4.69, 9.17) is 25.5 Å². The normalized spacial score (nSPS) is 19.7. The predicted octanol–water partition coefficient (Wildman–Crippen LogP) is 5.05. The first-order valence-corrected chi connectivity index (χ1v) is 9.58. The van der Waals surface area contributed by atoms with Crippen molar-refractivity contribution in [3.05, 3.63) is 70.3 Å². The fraction of sp³-hybridized carbons (Fsp3) is 0.286. The molecular formula is C21H16ClF3N2O3. The molecule has 1 aromatic carbocycles. The highest BCUT2D eigenvalue weighted by Gasteiger charge is 2.52. The molecular weight excluding hydrogens is 421 g/mol. The summed E-state index contributed by atoms with van der Waals surface area (Å²) in [5.74, 6) is 0.286. The molecule has 156 valence electrons. The van der Waals surface area contributed by atoms with Crippen molar-refractivity contribution in [1.82, 2.24) is 4.98 Å². The third-order valence-electron chi connectivity index (χ3n) is 5.53. The first kappa shape index (κ1) is 19.1. The molecule has 0 fully saturated rings. The molecule has 9 heteroatoms. The lowest BCUT2D eigenvalue weighted by Crippen LogP contribution is -2.36. The first-order valence-electron chi connectivity index (χ1n) is 9.20. The highest BCUT2D eigenvalue weighted by Crippen LogP contribution is 2.53. The molecule has 0 amide bonds. The summed E-state index contributed by atoms with van der Waals surface area (Å²) in [5.41, 5.74) is 1.70. The van der Waals surface area contributed by atoms with E-state index in [2.05, 4.69) is 4.98 Å². The van der Waals surface area contributed by atoms with Crippen LogP contribution in [0.3, 0.4) is 0 Å². The molecule has 0 aliphatic carbocycles. The molecule has 4 heterocycles. The van der Waals surface area contributed by atoms with E-state index in [1.54, 1.807) is 18.2 Å². The minimum Gasteiger partial charge on any atom is -0.490 e. The van der Waals surface area contributed by atoms with Gasteiger partial charge in [-0.2, -0.15) is 13.2 Å². The average molecular weight is 437 g/mol. The number of hydrogen-bond acceptors (Lipinski definition) is 5. The summed E-state index contributed by atoms with van der Waals surface area (Å²) in [5, 5.41) is 0.548. The summed E-state index contributed by atoms with van der Waals surface area (Å²) < 4.78 is 55.0. The molecule has 2 aliphatic heterocycles. The van der Waals surface area contributed by atoms with Crippen molar-refractivity contribution >= 4 is 17.3 Å². The minimum absolute atomic E-state index is 0.157. The number of ether oxygens (including phenoxy) is 2. The maximum Gasteiger partial charge on any atom is 0.449 e. The van der Waals surface area contributed by atoms with Crippen molar-refractivity contribution in [2.45, 2.75) is 18.1 Å². The maximum atomic E-state index is 12.9. The van der Waals surface area contributed by atoms with Crippen LogP contribution in [-0.4, -0.2) is 25.2 Å². The zero-order chi connectivity index (χ0) is 21.1. The third kappa shape index (κ3) is 2.81. The molecule has 2 aliphatic rings. The standard InChI is InChI=1S/C21H16ClF3N2O3/c1-28-17-8-6-15-19(26-17)20(11-29-15)10-27(14-4-2-3-13(22)18(14)20)9-12-5-7-16(30-12)21(23,24)25/h2-8H,9-11H2,1H3. The number of methoxy groups -OCH3 is 1. The number of rotatable bonds is 3. The number of furan rings is 1. The number of anilines is 1. The Balaban J connectivity index is 1.57. The summed E-state index contributed by atoms with van der Waals surface area (Å²) in [4.78, 5) is 6.56. The molecule has 5 nitrogen and oxygen atoms in total. The van der Waals surface area contributed by atoms with Gasteiger partial charge in [-0.05, 0) is 30.3 Å². The molecule has 0 radical (unpaired) electrons. The van der Waals surface area contributed by atoms with Gasteiger partial charge in [0, 0.05) is 28.9 Å². The van der Waals surface area contributed by atoms with Gasteiger partial charge in [0.25, 0.3) is 0 Å². The summed E-state index contributed by atoms with van der Waals surface area (Å²) in [6.45, 7) is 0.910. The predicted molar refractivity (Wildman–Crippen MR) is 103 cm³/mol. The van der Waals surface area contributed by atoms with Crippen LogP contribution >= 0.6 is 11.6 Å². The van der Waals surface area contributed by atoms with Crippen LogP contribution in [0.2, 0.25) is 5.02 Å². The van der Waals surface area contributed by atoms with Crippen LogP contribution < -0.4 is 14.4 Å². The van der Waals surface area contributed by atoms with Crippen molar-refractivity contribution in [3.63, 3.8) is 0 Å². The molecule has 0 saturated carbocycles. The van der Waals surface area contributed by atoms with Gasteiger partial charge in [-0.3, -0.25) is 0 Å². The van der Waals surface area contributed by atoms with Crippen molar-refractivity contribution in [3.8, 4) is 11.6 Å². The van der Waals surface area contributed by atoms with Gasteiger partial charge in [-0.15, -0.1) is 0 Å². The van der Waals surface area contributed by atoms with Crippen LogP contribution in [0.1, 0.15) is 22.8 Å². The molecule has 1 spiro atoms. The zero-order valence-corrected chi connectivity index (χ0v) is 16.5. The molecule has 30 heavy (non-hydrogen) atoms. The Kier molecular flexibility index (Phi) is 4.18. The van der Waals surface area contributed by atoms with Gasteiger partial charge in [-0.1, -0.05) is 17.7 Å². The Bertz CT molecular complexity index is 1130. The second kappa shape index (κ2) is 6.57. The van der Waals surface area contributed by atoms with Crippen molar-refractivity contribution in [2.24, 2.45) is 0 Å². The second-order valence-corrected chi connectivity index (χ2v) is 7.73. The molecule has 0 bridgehead atoms. The van der Waals surface area contributed by atoms with Crippen LogP contribution in [0.25, 0.3) is 0 Å². The van der Waals surface area contributed by atoms with Gasteiger partial charge in [0.1, 0.15) is 23.8 Å². The van der Waals surface area contributed by atoms with E-state index in [1.165, 1.54) is 13.2 Å². The number of benzene rings is 1. The van der Waals surface area contributed by atoms with E-state index in [1.807, 2.05) is 17.0 Å². The number of pyridine rings is 1. The monoisotopic (exact) mass is 436 g/mol. The lowest BCUT2D eigenvalue weighted by atomic mass is 9.80. The van der Waals surface area contributed by atoms with Crippen molar-refractivity contribution < 1.29 is 27.1 Å². The highest BCUT2D eigenvalue weighted by molar-refractivity contribution is 6.32. The van der Waals surface area contributed by atoms with Crippen molar-refractivity contribution in [2.75, 3.05) is 25.2 Å². The van der Waals surface area contributed by atoms with Crippen LogP contribution in [-0.2, 0) is 18.1 Å². The van der Waals surface area contributed by atoms with E-state index in [0.717, 1.165) is 17.3 Å². The molecule has 5 rings (SSSR count). The van der Waals surface area contributed by atoms with E-state index in [0.29, 0.717) is 35.5 Å². The summed E-state index contributed by atoms with van der Waals surface area (Å²) in [6, 6.07) is 11.3. The van der Waals surface area contributed by atoms with Gasteiger partial charge in [-0.25, -0.2) is 4.98 Å². The van der Waals surface area contributed by atoms with E-state index >= 15 is 0 Å². The number of alkyl halides is 3. The fourth-order valence-electron chi connectivity index (χ4n) is 4.27. The summed E-state index contributed by atoms with van der Waals surface area (Å²) >= 11 is 6.60.